The topological polar surface area (TPSA) is 12.0 Å². The van der Waals surface area contributed by atoms with Crippen LogP contribution in [-0.4, -0.2) is 13.1 Å². The van der Waals surface area contributed by atoms with Crippen molar-refractivity contribution in [1.82, 2.24) is 5.32 Å². The second-order valence-electron chi connectivity index (χ2n) is 3.72. The fourth-order valence-corrected chi connectivity index (χ4v) is 2.19. The Hall–Kier alpha value is -0.500. The van der Waals surface area contributed by atoms with E-state index in [9.17, 15) is 0 Å². The van der Waals surface area contributed by atoms with Crippen LogP contribution in [0, 0.1) is 0 Å². The van der Waals surface area contributed by atoms with Gasteiger partial charge in [0.2, 0.25) is 0 Å². The lowest BCUT2D eigenvalue weighted by atomic mass is 10.0. The molecular formula is C12H13Cl2N. The maximum Gasteiger partial charge on any atom is 0.0493 e. The van der Waals surface area contributed by atoms with Crippen molar-refractivity contribution in [2.45, 2.75) is 12.8 Å². The summed E-state index contributed by atoms with van der Waals surface area (Å²) in [5.41, 5.74) is 2.52. The molecule has 0 aromatic heterocycles. The van der Waals surface area contributed by atoms with Crippen molar-refractivity contribution in [3.05, 3.63) is 39.4 Å². The van der Waals surface area contributed by atoms with Gasteiger partial charge in [-0.3, -0.25) is 0 Å². The third-order valence-corrected chi connectivity index (χ3v) is 3.13. The van der Waals surface area contributed by atoms with E-state index in [0.717, 1.165) is 36.5 Å². The number of benzene rings is 1. The molecule has 80 valence electrons. The van der Waals surface area contributed by atoms with Crippen molar-refractivity contribution in [2.24, 2.45) is 0 Å². The highest BCUT2D eigenvalue weighted by molar-refractivity contribution is 6.35. The third-order valence-electron chi connectivity index (χ3n) is 2.57. The summed E-state index contributed by atoms with van der Waals surface area (Å²) in [6.45, 7) is 2.13. The van der Waals surface area contributed by atoms with E-state index in [-0.39, 0.29) is 0 Å². The van der Waals surface area contributed by atoms with Crippen LogP contribution in [0.3, 0.4) is 0 Å². The van der Waals surface area contributed by atoms with Crippen molar-refractivity contribution in [3.63, 3.8) is 0 Å². The molecule has 15 heavy (non-hydrogen) atoms. The van der Waals surface area contributed by atoms with E-state index in [1.54, 1.807) is 6.07 Å². The summed E-state index contributed by atoms with van der Waals surface area (Å²) in [5, 5.41) is 4.75. The summed E-state index contributed by atoms with van der Waals surface area (Å²) in [6, 6.07) is 5.64. The van der Waals surface area contributed by atoms with Crippen LogP contribution in [-0.2, 0) is 0 Å². The van der Waals surface area contributed by atoms with Crippen LogP contribution in [0.5, 0.6) is 0 Å². The van der Waals surface area contributed by atoms with Crippen molar-refractivity contribution in [3.8, 4) is 0 Å². The standard InChI is InChI=1S/C12H13Cl2N/c13-11-2-1-10(12(14)8-11)7-9-3-5-15-6-4-9/h1-2,7-8,15H,3-6H2. The maximum atomic E-state index is 6.10. The van der Waals surface area contributed by atoms with E-state index < -0.39 is 0 Å². The molecule has 1 aliphatic rings. The van der Waals surface area contributed by atoms with Crippen molar-refractivity contribution < 1.29 is 0 Å². The molecule has 0 radical (unpaired) electrons. The fourth-order valence-electron chi connectivity index (χ4n) is 1.73. The summed E-state index contributed by atoms with van der Waals surface area (Å²) in [7, 11) is 0. The summed E-state index contributed by atoms with van der Waals surface area (Å²) < 4.78 is 0. The molecule has 1 aliphatic heterocycles. The number of hydrogen-bond donors (Lipinski definition) is 1. The minimum absolute atomic E-state index is 0.687. The average Bonchev–Trinajstić information content (AvgIpc) is 2.24. The van der Waals surface area contributed by atoms with Crippen molar-refractivity contribution in [1.29, 1.82) is 0 Å². The molecule has 0 atom stereocenters. The molecule has 0 aliphatic carbocycles. The van der Waals surface area contributed by atoms with E-state index >= 15 is 0 Å². The zero-order valence-corrected chi connectivity index (χ0v) is 9.91. The van der Waals surface area contributed by atoms with Crippen LogP contribution >= 0.6 is 23.2 Å². The first-order valence-corrected chi connectivity index (χ1v) is 5.86. The lowest BCUT2D eigenvalue weighted by Gasteiger charge is -2.15. The SMILES string of the molecule is Clc1ccc(C=C2CCNCC2)c(Cl)c1. The molecule has 0 spiro atoms. The Balaban J connectivity index is 2.22. The van der Waals surface area contributed by atoms with E-state index in [1.807, 2.05) is 12.1 Å². The number of nitrogens with one attached hydrogen (secondary N) is 1. The number of halogens is 2. The van der Waals surface area contributed by atoms with Gasteiger partial charge in [0, 0.05) is 10.0 Å². The highest BCUT2D eigenvalue weighted by Crippen LogP contribution is 2.24. The normalized spacial score (nSPS) is 16.5. The maximum absolute atomic E-state index is 6.10. The van der Waals surface area contributed by atoms with Crippen molar-refractivity contribution >= 4 is 29.3 Å². The molecule has 0 unspecified atom stereocenters. The van der Waals surface area contributed by atoms with Gasteiger partial charge in [0.05, 0.1) is 0 Å². The average molecular weight is 242 g/mol. The Morgan fingerprint density at radius 3 is 2.53 bits per heavy atom. The molecule has 1 saturated heterocycles. The lowest BCUT2D eigenvalue weighted by molar-refractivity contribution is 0.613. The molecule has 1 nitrogen and oxygen atoms in total. The summed E-state index contributed by atoms with van der Waals surface area (Å²) in [5.74, 6) is 0. The van der Waals surface area contributed by atoms with Crippen LogP contribution in [0.15, 0.2) is 23.8 Å². The van der Waals surface area contributed by atoms with E-state index in [4.69, 9.17) is 23.2 Å². The Labute approximate surface area is 100 Å². The molecule has 1 N–H and O–H groups in total. The Kier molecular flexibility index (Phi) is 3.68. The smallest absolute Gasteiger partial charge is 0.0493 e. The van der Waals surface area contributed by atoms with E-state index in [0.29, 0.717) is 5.02 Å². The molecule has 1 aromatic rings. The molecule has 0 bridgehead atoms. The van der Waals surface area contributed by atoms with Gasteiger partial charge in [0.1, 0.15) is 0 Å². The first-order chi connectivity index (χ1) is 7.25. The fraction of sp³-hybridized carbons (Fsp3) is 0.333. The van der Waals surface area contributed by atoms with Gasteiger partial charge in [-0.2, -0.15) is 0 Å². The minimum atomic E-state index is 0.687. The molecular weight excluding hydrogens is 229 g/mol. The zero-order chi connectivity index (χ0) is 10.7. The van der Waals surface area contributed by atoms with Gasteiger partial charge in [-0.15, -0.1) is 0 Å². The van der Waals surface area contributed by atoms with Gasteiger partial charge in [0.25, 0.3) is 0 Å². The Morgan fingerprint density at radius 2 is 1.87 bits per heavy atom. The molecule has 3 heteroatoms. The molecule has 0 saturated carbocycles. The van der Waals surface area contributed by atoms with E-state index in [2.05, 4.69) is 11.4 Å². The first kappa shape index (κ1) is 11.0. The minimum Gasteiger partial charge on any atom is -0.316 e. The van der Waals surface area contributed by atoms with Crippen LogP contribution in [0.25, 0.3) is 6.08 Å². The van der Waals surface area contributed by atoms with Gasteiger partial charge >= 0.3 is 0 Å². The van der Waals surface area contributed by atoms with Crippen LogP contribution in [0.1, 0.15) is 18.4 Å². The number of rotatable bonds is 1. The third kappa shape index (κ3) is 2.97. The van der Waals surface area contributed by atoms with Crippen molar-refractivity contribution in [2.75, 3.05) is 13.1 Å². The zero-order valence-electron chi connectivity index (χ0n) is 8.39. The summed E-state index contributed by atoms with van der Waals surface area (Å²) in [6.07, 6.45) is 4.40. The van der Waals surface area contributed by atoms with Gasteiger partial charge in [-0.1, -0.05) is 40.9 Å². The molecule has 1 fully saturated rings. The summed E-state index contributed by atoms with van der Waals surface area (Å²) in [4.78, 5) is 0. The molecule has 0 amide bonds. The monoisotopic (exact) mass is 241 g/mol. The van der Waals surface area contributed by atoms with Crippen LogP contribution in [0.2, 0.25) is 10.0 Å². The predicted octanol–water partition coefficient (Wildman–Crippen LogP) is 3.76. The Bertz CT molecular complexity index is 377. The molecule has 2 rings (SSSR count). The second kappa shape index (κ2) is 5.02. The van der Waals surface area contributed by atoms with Gasteiger partial charge in [0.15, 0.2) is 0 Å². The second-order valence-corrected chi connectivity index (χ2v) is 4.56. The highest BCUT2D eigenvalue weighted by atomic mass is 35.5. The quantitative estimate of drug-likeness (QED) is 0.790. The van der Waals surface area contributed by atoms with Crippen LogP contribution in [0.4, 0.5) is 0 Å². The number of hydrogen-bond acceptors (Lipinski definition) is 1. The highest BCUT2D eigenvalue weighted by Gasteiger charge is 2.05. The summed E-state index contributed by atoms with van der Waals surface area (Å²) >= 11 is 11.9. The molecule has 1 heterocycles. The van der Waals surface area contributed by atoms with E-state index in [1.165, 1.54) is 5.57 Å². The van der Waals surface area contributed by atoms with Crippen LogP contribution < -0.4 is 5.32 Å². The Morgan fingerprint density at radius 1 is 1.13 bits per heavy atom. The number of piperidine rings is 1. The lowest BCUT2D eigenvalue weighted by Crippen LogP contribution is -2.22. The largest absolute Gasteiger partial charge is 0.316 e. The predicted molar refractivity (Wildman–Crippen MR) is 66.5 cm³/mol. The first-order valence-electron chi connectivity index (χ1n) is 5.11. The molecule has 1 aromatic carbocycles. The van der Waals surface area contributed by atoms with Gasteiger partial charge in [-0.05, 0) is 43.6 Å². The van der Waals surface area contributed by atoms with Gasteiger partial charge < -0.3 is 5.32 Å². The van der Waals surface area contributed by atoms with Gasteiger partial charge in [-0.25, -0.2) is 0 Å².